The number of rotatable bonds is 3. The number of nitrogens with one attached hydrogen (secondary N) is 1. The Hall–Kier alpha value is -1.13. The Labute approximate surface area is 117 Å². The fourth-order valence-electron chi connectivity index (χ4n) is 1.49. The maximum Gasteiger partial charge on any atom is 0.143 e. The van der Waals surface area contributed by atoms with Gasteiger partial charge in [-0.25, -0.2) is 8.78 Å². The normalized spacial score (nSPS) is 10.4. The van der Waals surface area contributed by atoms with Gasteiger partial charge in [-0.1, -0.05) is 23.7 Å². The van der Waals surface area contributed by atoms with Crippen molar-refractivity contribution in [1.29, 1.82) is 0 Å². The molecular formula is C13H9BrClF2N. The molecule has 18 heavy (non-hydrogen) atoms. The van der Waals surface area contributed by atoms with Gasteiger partial charge in [-0.05, 0) is 45.8 Å². The SMILES string of the molecule is Fc1cc(NCc2cccc(F)c2Br)ccc1Cl. The van der Waals surface area contributed by atoms with Crippen LogP contribution in [0.5, 0.6) is 0 Å². The van der Waals surface area contributed by atoms with Crippen molar-refractivity contribution in [2.75, 3.05) is 5.32 Å². The predicted molar refractivity (Wildman–Crippen MR) is 72.8 cm³/mol. The zero-order valence-electron chi connectivity index (χ0n) is 9.18. The van der Waals surface area contributed by atoms with Gasteiger partial charge in [0.2, 0.25) is 0 Å². The summed E-state index contributed by atoms with van der Waals surface area (Å²) in [6, 6.07) is 9.22. The summed E-state index contributed by atoms with van der Waals surface area (Å²) in [6.45, 7) is 0.388. The molecule has 0 aliphatic rings. The average Bonchev–Trinajstić information content (AvgIpc) is 2.35. The molecule has 0 spiro atoms. The second-order valence-corrected chi connectivity index (χ2v) is 4.90. The van der Waals surface area contributed by atoms with Crippen molar-refractivity contribution >= 4 is 33.2 Å². The molecule has 2 rings (SSSR count). The summed E-state index contributed by atoms with van der Waals surface area (Å²) < 4.78 is 26.9. The zero-order chi connectivity index (χ0) is 13.1. The Morgan fingerprint density at radius 3 is 2.61 bits per heavy atom. The van der Waals surface area contributed by atoms with Crippen molar-refractivity contribution in [2.24, 2.45) is 0 Å². The van der Waals surface area contributed by atoms with Crippen molar-refractivity contribution in [2.45, 2.75) is 6.54 Å². The lowest BCUT2D eigenvalue weighted by Gasteiger charge is -2.09. The molecule has 2 aromatic carbocycles. The molecule has 0 aliphatic carbocycles. The van der Waals surface area contributed by atoms with E-state index < -0.39 is 5.82 Å². The Kier molecular flexibility index (Phi) is 4.19. The lowest BCUT2D eigenvalue weighted by atomic mass is 10.2. The Bertz CT molecular complexity index is 575. The van der Waals surface area contributed by atoms with Crippen LogP contribution in [0.3, 0.4) is 0 Å². The van der Waals surface area contributed by atoms with Crippen LogP contribution in [0.25, 0.3) is 0 Å². The van der Waals surface area contributed by atoms with Gasteiger partial charge in [0.15, 0.2) is 0 Å². The van der Waals surface area contributed by atoms with E-state index in [-0.39, 0.29) is 10.8 Å². The molecule has 0 saturated carbocycles. The fraction of sp³-hybridized carbons (Fsp3) is 0.0769. The minimum atomic E-state index is -0.486. The summed E-state index contributed by atoms with van der Waals surface area (Å²) in [7, 11) is 0. The van der Waals surface area contributed by atoms with E-state index >= 15 is 0 Å². The minimum absolute atomic E-state index is 0.0764. The second kappa shape index (κ2) is 5.67. The van der Waals surface area contributed by atoms with Gasteiger partial charge in [-0.15, -0.1) is 0 Å². The van der Waals surface area contributed by atoms with Crippen LogP contribution >= 0.6 is 27.5 Å². The largest absolute Gasteiger partial charge is 0.381 e. The number of anilines is 1. The third-order valence-electron chi connectivity index (χ3n) is 2.43. The minimum Gasteiger partial charge on any atom is -0.381 e. The first kappa shape index (κ1) is 13.3. The van der Waals surface area contributed by atoms with Crippen LogP contribution < -0.4 is 5.32 Å². The Balaban J connectivity index is 2.11. The van der Waals surface area contributed by atoms with Gasteiger partial charge in [-0.2, -0.15) is 0 Å². The molecule has 0 aromatic heterocycles. The molecule has 0 saturated heterocycles. The summed E-state index contributed by atoms with van der Waals surface area (Å²) in [5.41, 5.74) is 1.35. The highest BCUT2D eigenvalue weighted by molar-refractivity contribution is 9.10. The number of halogens is 4. The third kappa shape index (κ3) is 3.00. The molecule has 1 N–H and O–H groups in total. The van der Waals surface area contributed by atoms with Gasteiger partial charge in [0.05, 0.1) is 9.50 Å². The quantitative estimate of drug-likeness (QED) is 0.834. The van der Waals surface area contributed by atoms with E-state index in [1.807, 2.05) is 0 Å². The molecule has 0 bridgehead atoms. The highest BCUT2D eigenvalue weighted by Gasteiger charge is 2.05. The standard InChI is InChI=1S/C13H9BrClF2N/c14-13-8(2-1-3-11(13)16)7-18-9-4-5-10(15)12(17)6-9/h1-6,18H,7H2. The van der Waals surface area contributed by atoms with Crippen LogP contribution in [-0.2, 0) is 6.54 Å². The fourth-order valence-corrected chi connectivity index (χ4v) is 2.01. The van der Waals surface area contributed by atoms with E-state index in [2.05, 4.69) is 21.2 Å². The van der Waals surface area contributed by atoms with Crippen LogP contribution in [0.1, 0.15) is 5.56 Å². The highest BCUT2D eigenvalue weighted by atomic mass is 79.9. The molecular weight excluding hydrogens is 324 g/mol. The van der Waals surface area contributed by atoms with Gasteiger partial charge in [0.25, 0.3) is 0 Å². The van der Waals surface area contributed by atoms with Crippen molar-refractivity contribution in [3.8, 4) is 0 Å². The first-order valence-corrected chi connectivity index (χ1v) is 6.37. The van der Waals surface area contributed by atoms with Gasteiger partial charge in [0.1, 0.15) is 11.6 Å². The molecule has 1 nitrogen and oxygen atoms in total. The first-order chi connectivity index (χ1) is 8.58. The number of hydrogen-bond acceptors (Lipinski definition) is 1. The lowest BCUT2D eigenvalue weighted by Crippen LogP contribution is -2.01. The van der Waals surface area contributed by atoms with Crippen LogP contribution in [0.2, 0.25) is 5.02 Å². The van der Waals surface area contributed by atoms with E-state index in [0.29, 0.717) is 16.7 Å². The topological polar surface area (TPSA) is 12.0 Å². The number of hydrogen-bond donors (Lipinski definition) is 1. The smallest absolute Gasteiger partial charge is 0.143 e. The highest BCUT2D eigenvalue weighted by Crippen LogP contribution is 2.23. The molecule has 0 amide bonds. The third-order valence-corrected chi connectivity index (χ3v) is 3.63. The van der Waals surface area contributed by atoms with Crippen LogP contribution in [0, 0.1) is 11.6 Å². The Morgan fingerprint density at radius 2 is 1.89 bits per heavy atom. The second-order valence-electron chi connectivity index (χ2n) is 3.70. The van der Waals surface area contributed by atoms with Gasteiger partial charge >= 0.3 is 0 Å². The van der Waals surface area contributed by atoms with Gasteiger partial charge < -0.3 is 5.32 Å². The molecule has 0 fully saturated rings. The maximum absolute atomic E-state index is 13.3. The summed E-state index contributed by atoms with van der Waals surface area (Å²) in [4.78, 5) is 0. The molecule has 0 aliphatic heterocycles. The van der Waals surface area contributed by atoms with E-state index in [4.69, 9.17) is 11.6 Å². The molecule has 94 valence electrons. The van der Waals surface area contributed by atoms with Crippen LogP contribution in [0.15, 0.2) is 40.9 Å². The summed E-state index contributed by atoms with van der Waals surface area (Å²) in [6.07, 6.45) is 0. The van der Waals surface area contributed by atoms with Crippen molar-refractivity contribution in [3.63, 3.8) is 0 Å². The van der Waals surface area contributed by atoms with Crippen LogP contribution in [0.4, 0.5) is 14.5 Å². The molecule has 0 atom stereocenters. The molecule has 0 radical (unpaired) electrons. The molecule has 0 heterocycles. The van der Waals surface area contributed by atoms with Crippen molar-refractivity contribution < 1.29 is 8.78 Å². The van der Waals surface area contributed by atoms with Gasteiger partial charge in [-0.3, -0.25) is 0 Å². The van der Waals surface area contributed by atoms with Gasteiger partial charge in [0, 0.05) is 12.2 Å². The lowest BCUT2D eigenvalue weighted by molar-refractivity contribution is 0.618. The molecule has 0 unspecified atom stereocenters. The first-order valence-electron chi connectivity index (χ1n) is 5.20. The van der Waals surface area contributed by atoms with Crippen LogP contribution in [-0.4, -0.2) is 0 Å². The Morgan fingerprint density at radius 1 is 1.11 bits per heavy atom. The van der Waals surface area contributed by atoms with E-state index in [0.717, 1.165) is 5.56 Å². The number of benzene rings is 2. The maximum atomic E-state index is 13.3. The van der Waals surface area contributed by atoms with Crippen molar-refractivity contribution in [3.05, 3.63) is 63.1 Å². The summed E-state index contributed by atoms with van der Waals surface area (Å²) >= 11 is 8.75. The average molecular weight is 333 g/mol. The van der Waals surface area contributed by atoms with E-state index in [9.17, 15) is 8.78 Å². The van der Waals surface area contributed by atoms with E-state index in [1.54, 1.807) is 18.2 Å². The molecule has 5 heteroatoms. The predicted octanol–water partition coefficient (Wildman–Crippen LogP) is 4.99. The van der Waals surface area contributed by atoms with Crippen molar-refractivity contribution in [1.82, 2.24) is 0 Å². The molecule has 2 aromatic rings. The van der Waals surface area contributed by atoms with E-state index in [1.165, 1.54) is 18.2 Å². The zero-order valence-corrected chi connectivity index (χ0v) is 11.5. The summed E-state index contributed by atoms with van der Waals surface area (Å²) in [5, 5.41) is 3.08. The monoisotopic (exact) mass is 331 g/mol. The summed E-state index contributed by atoms with van der Waals surface area (Å²) in [5.74, 6) is -0.809.